The molecule has 15 N–H and O–H groups in total. The van der Waals surface area contributed by atoms with Crippen LogP contribution in [0.3, 0.4) is 0 Å². The molecule has 0 bridgehead atoms. The van der Waals surface area contributed by atoms with E-state index in [-0.39, 0.29) is 25.7 Å². The monoisotopic (exact) mass is 610 g/mol. The summed E-state index contributed by atoms with van der Waals surface area (Å²) in [4.78, 5) is 4.26. The molecule has 17 nitrogen and oxygen atoms in total. The number of nitrogens with zero attached hydrogens (tertiary/aromatic N) is 1. The molecule has 0 radical (unpaired) electrons. The number of aliphatic hydroxyl groups excluding tert-OH is 6. The van der Waals surface area contributed by atoms with Gasteiger partial charge in [0.2, 0.25) is 0 Å². The van der Waals surface area contributed by atoms with E-state index in [4.69, 9.17) is 41.3 Å². The predicted molar refractivity (Wildman–Crippen MR) is 148 cm³/mol. The van der Waals surface area contributed by atoms with Gasteiger partial charge in [0.15, 0.2) is 12.6 Å². The highest BCUT2D eigenvalue weighted by atomic mass is 16.7. The normalized spacial score (nSPS) is 43.2. The van der Waals surface area contributed by atoms with E-state index < -0.39 is 91.4 Å². The summed E-state index contributed by atoms with van der Waals surface area (Å²) < 4.78 is 23.9. The lowest BCUT2D eigenvalue weighted by Gasteiger charge is -2.48. The van der Waals surface area contributed by atoms with Gasteiger partial charge in [-0.1, -0.05) is 0 Å². The molecule has 14 atom stereocenters. The van der Waals surface area contributed by atoms with Crippen molar-refractivity contribution in [3.63, 3.8) is 0 Å². The first-order valence-electron chi connectivity index (χ1n) is 14.3. The van der Waals surface area contributed by atoms with Crippen LogP contribution in [-0.2, 0) is 18.9 Å². The minimum Gasteiger partial charge on any atom is -0.395 e. The molecule has 0 aromatic carbocycles. The van der Waals surface area contributed by atoms with Gasteiger partial charge in [0.25, 0.3) is 0 Å². The second kappa shape index (κ2) is 15.7. The van der Waals surface area contributed by atoms with Crippen molar-refractivity contribution in [1.29, 1.82) is 0 Å². The first-order valence-corrected chi connectivity index (χ1v) is 14.3. The molecule has 0 spiro atoms. The maximum atomic E-state index is 11.5. The topological polar surface area (TPSA) is 293 Å². The molecule has 3 rings (SSSR count). The van der Waals surface area contributed by atoms with Crippen molar-refractivity contribution in [2.45, 2.75) is 111 Å². The largest absolute Gasteiger partial charge is 0.395 e. The summed E-state index contributed by atoms with van der Waals surface area (Å²) in [7, 11) is 1.56. The summed E-state index contributed by atoms with van der Waals surface area (Å²) in [6, 6.07) is -3.20. The van der Waals surface area contributed by atoms with Crippen molar-refractivity contribution in [3.8, 4) is 0 Å². The summed E-state index contributed by atoms with van der Waals surface area (Å²) >= 11 is 0. The van der Waals surface area contributed by atoms with Crippen molar-refractivity contribution in [2.75, 3.05) is 40.0 Å². The number of ether oxygens (including phenoxy) is 4. The average Bonchev–Trinajstić information content (AvgIpc) is 2.94. The van der Waals surface area contributed by atoms with Gasteiger partial charge in [-0.25, -0.2) is 0 Å². The zero-order valence-corrected chi connectivity index (χ0v) is 24.1. The third kappa shape index (κ3) is 8.52. The van der Waals surface area contributed by atoms with Gasteiger partial charge in [-0.2, -0.15) is 0 Å². The maximum Gasteiger partial charge on any atom is 0.185 e. The summed E-state index contributed by atoms with van der Waals surface area (Å²) in [6.07, 6.45) is -9.70. The second-order valence-corrected chi connectivity index (χ2v) is 11.5. The summed E-state index contributed by atoms with van der Waals surface area (Å²) in [6.45, 7) is 1.36. The van der Waals surface area contributed by atoms with Crippen LogP contribution in [0.4, 0.5) is 0 Å². The summed E-state index contributed by atoms with van der Waals surface area (Å²) in [5, 5.41) is 77.3. The third-order valence-corrected chi connectivity index (χ3v) is 8.04. The van der Waals surface area contributed by atoms with E-state index in [0.29, 0.717) is 25.9 Å². The van der Waals surface area contributed by atoms with E-state index in [2.05, 4.69) is 15.6 Å². The minimum atomic E-state index is -1.71. The highest BCUT2D eigenvalue weighted by molar-refractivity contribution is 5.85. The van der Waals surface area contributed by atoms with Crippen LogP contribution in [-0.4, -0.2) is 167 Å². The van der Waals surface area contributed by atoms with E-state index in [0.717, 1.165) is 0 Å². The van der Waals surface area contributed by atoms with Crippen LogP contribution in [0.1, 0.15) is 26.2 Å². The fourth-order valence-corrected chi connectivity index (χ4v) is 5.63. The fourth-order valence-electron chi connectivity index (χ4n) is 5.63. The first kappa shape index (κ1) is 35.4. The molecular weight excluding hydrogens is 560 g/mol. The second-order valence-electron chi connectivity index (χ2n) is 11.5. The van der Waals surface area contributed by atoms with Crippen molar-refractivity contribution in [2.24, 2.45) is 22.2 Å². The fraction of sp³-hybridized carbons (Fsp3) is 0.960. The van der Waals surface area contributed by atoms with E-state index in [1.165, 1.54) is 6.92 Å². The Morgan fingerprint density at radius 1 is 1.07 bits per heavy atom. The molecule has 1 aliphatic carbocycles. The molecule has 42 heavy (non-hydrogen) atoms. The SMILES string of the molecule is CNC1C(O)C(OC2C(N=C(N)C(O)C(O)CO)CC(N)C(OC3OC(CNCCO)CCC3N)C2O)OCC1(C)O. The van der Waals surface area contributed by atoms with Crippen molar-refractivity contribution in [3.05, 3.63) is 0 Å². The van der Waals surface area contributed by atoms with Gasteiger partial charge >= 0.3 is 0 Å². The van der Waals surface area contributed by atoms with Gasteiger partial charge in [-0.3, -0.25) is 4.99 Å². The predicted octanol–water partition coefficient (Wildman–Crippen LogP) is -6.24. The smallest absolute Gasteiger partial charge is 0.185 e. The Morgan fingerprint density at radius 3 is 2.40 bits per heavy atom. The lowest BCUT2D eigenvalue weighted by atomic mass is 9.83. The van der Waals surface area contributed by atoms with Crippen molar-refractivity contribution in [1.82, 2.24) is 10.6 Å². The number of rotatable bonds is 13. The van der Waals surface area contributed by atoms with Gasteiger partial charge in [-0.15, -0.1) is 0 Å². The van der Waals surface area contributed by atoms with Crippen LogP contribution in [0, 0.1) is 0 Å². The standard InChI is InChI=1S/C25H50N6O11/c1-25(38)10-39-24(18(37)21(25)29-2)42-20-14(31-22(28)16(35)15(34)9-33)7-13(27)19(17(20)36)41-23-12(26)4-3-11(40-23)8-30-5-6-32/h11-21,23-24,29-30,32-38H,3-10,26-27H2,1-2H3,(H2,28,31). The molecule has 2 aliphatic heterocycles. The Kier molecular flexibility index (Phi) is 13.2. The first-order chi connectivity index (χ1) is 19.8. The molecule has 2 heterocycles. The molecular formula is C25H50N6O11. The average molecular weight is 611 g/mol. The summed E-state index contributed by atoms with van der Waals surface area (Å²) in [5.74, 6) is -0.425. The van der Waals surface area contributed by atoms with Crippen LogP contribution in [0.15, 0.2) is 4.99 Å². The number of nitrogens with one attached hydrogen (secondary N) is 2. The number of hydrogen-bond acceptors (Lipinski definition) is 16. The third-order valence-electron chi connectivity index (χ3n) is 8.04. The molecule has 1 saturated carbocycles. The van der Waals surface area contributed by atoms with Crippen LogP contribution in [0.5, 0.6) is 0 Å². The molecule has 0 amide bonds. The Morgan fingerprint density at radius 2 is 1.76 bits per heavy atom. The van der Waals surface area contributed by atoms with Crippen molar-refractivity contribution < 1.29 is 54.7 Å². The zero-order chi connectivity index (χ0) is 31.2. The lowest BCUT2D eigenvalue weighted by molar-refractivity contribution is -0.306. The highest BCUT2D eigenvalue weighted by Gasteiger charge is 2.51. The van der Waals surface area contributed by atoms with E-state index in [1.807, 2.05) is 0 Å². The van der Waals surface area contributed by atoms with Gasteiger partial charge in [0.05, 0.1) is 44.1 Å². The maximum absolute atomic E-state index is 11.5. The van der Waals surface area contributed by atoms with E-state index in [1.54, 1.807) is 7.05 Å². The minimum absolute atomic E-state index is 0.0210. The zero-order valence-electron chi connectivity index (χ0n) is 24.1. The van der Waals surface area contributed by atoms with Gasteiger partial charge in [-0.05, 0) is 33.2 Å². The molecule has 3 aliphatic rings. The van der Waals surface area contributed by atoms with Crippen LogP contribution >= 0.6 is 0 Å². The quantitative estimate of drug-likeness (QED) is 0.0524. The van der Waals surface area contributed by atoms with Crippen LogP contribution < -0.4 is 27.8 Å². The Labute approximate surface area is 245 Å². The van der Waals surface area contributed by atoms with Crippen LogP contribution in [0.2, 0.25) is 0 Å². The van der Waals surface area contributed by atoms with Crippen molar-refractivity contribution >= 4 is 5.84 Å². The summed E-state index contributed by atoms with van der Waals surface area (Å²) in [5.41, 5.74) is 17.2. The molecule has 0 aromatic rings. The van der Waals surface area contributed by atoms with E-state index >= 15 is 0 Å². The Bertz CT molecular complexity index is 860. The number of aliphatic imine (C=N–C) groups is 1. The number of amidine groups is 1. The molecule has 0 aromatic heterocycles. The van der Waals surface area contributed by atoms with E-state index in [9.17, 15) is 30.6 Å². The van der Waals surface area contributed by atoms with Crippen LogP contribution in [0.25, 0.3) is 0 Å². The number of nitrogens with two attached hydrogens (primary N) is 3. The molecule has 2 saturated heterocycles. The molecule has 17 heteroatoms. The van der Waals surface area contributed by atoms with Gasteiger partial charge in [0.1, 0.15) is 48.1 Å². The molecule has 246 valence electrons. The Balaban J connectivity index is 1.83. The van der Waals surface area contributed by atoms with Gasteiger partial charge in [0, 0.05) is 19.1 Å². The Hall–Kier alpha value is -1.13. The highest BCUT2D eigenvalue weighted by Crippen LogP contribution is 2.33. The lowest BCUT2D eigenvalue weighted by Crippen LogP contribution is -2.67. The van der Waals surface area contributed by atoms with Gasteiger partial charge < -0.3 is 82.5 Å². The number of aliphatic hydroxyl groups is 7. The number of hydrogen-bond donors (Lipinski definition) is 12. The molecule has 14 unspecified atom stereocenters. The number of likely N-dealkylation sites (N-methyl/N-ethyl adjacent to an activating group) is 1. The molecule has 3 fully saturated rings.